The molecule has 2 N–H and O–H groups in total. The van der Waals surface area contributed by atoms with E-state index < -0.39 is 23.4 Å². The lowest BCUT2D eigenvalue weighted by Gasteiger charge is -2.28. The van der Waals surface area contributed by atoms with Crippen LogP contribution in [0.4, 0.5) is 15.4 Å². The van der Waals surface area contributed by atoms with E-state index in [-0.39, 0.29) is 12.4 Å². The molecule has 3 aromatic rings. The van der Waals surface area contributed by atoms with Crippen molar-refractivity contribution in [2.45, 2.75) is 59.3 Å². The first-order valence-electron chi connectivity index (χ1n) is 11.7. The molecule has 1 aromatic carbocycles. The molecule has 200 valence electrons. The number of anilines is 1. The predicted octanol–water partition coefficient (Wildman–Crippen LogP) is 4.80. The molecule has 0 radical (unpaired) electrons. The standard InChI is InChI=1S/C26H31N7O5/c1-25(2,3)37-23(34)33(24(35)38-26(4,5)6)15-17-13-29-22(30-14-17)18-9-8-16(12-27)10-19(18)36-21-11-20(28)31-32(21)7/h8-11,13-14H,15H2,1-7H3,(H2,28,31). The Morgan fingerprint density at radius 2 is 1.61 bits per heavy atom. The Morgan fingerprint density at radius 1 is 1.03 bits per heavy atom. The van der Waals surface area contributed by atoms with Crippen LogP contribution in [-0.4, -0.2) is 48.0 Å². The number of aryl methyl sites for hydroxylation is 1. The summed E-state index contributed by atoms with van der Waals surface area (Å²) in [6.45, 7) is 10.0. The maximum atomic E-state index is 12.8. The summed E-state index contributed by atoms with van der Waals surface area (Å²) < 4.78 is 18.2. The van der Waals surface area contributed by atoms with Gasteiger partial charge in [-0.2, -0.15) is 10.4 Å². The van der Waals surface area contributed by atoms with E-state index in [1.807, 2.05) is 0 Å². The first-order chi connectivity index (χ1) is 17.6. The third-order valence-electron chi connectivity index (χ3n) is 4.70. The summed E-state index contributed by atoms with van der Waals surface area (Å²) in [6.07, 6.45) is 1.26. The molecule has 0 spiro atoms. The molecular weight excluding hydrogens is 490 g/mol. The zero-order valence-corrected chi connectivity index (χ0v) is 22.5. The summed E-state index contributed by atoms with van der Waals surface area (Å²) >= 11 is 0. The number of hydrogen-bond acceptors (Lipinski definition) is 10. The number of imide groups is 1. The second kappa shape index (κ2) is 10.8. The number of ether oxygens (including phenoxy) is 3. The van der Waals surface area contributed by atoms with Crippen LogP contribution in [0, 0.1) is 11.3 Å². The maximum absolute atomic E-state index is 12.8. The molecule has 3 rings (SSSR count). The fourth-order valence-corrected chi connectivity index (χ4v) is 3.14. The van der Waals surface area contributed by atoms with Crippen molar-refractivity contribution in [2.75, 3.05) is 5.73 Å². The first-order valence-corrected chi connectivity index (χ1v) is 11.7. The van der Waals surface area contributed by atoms with Crippen LogP contribution in [0.5, 0.6) is 11.6 Å². The number of carbonyl (C=O) groups is 2. The number of nitrogens with zero attached hydrogens (tertiary/aromatic N) is 6. The highest BCUT2D eigenvalue weighted by molar-refractivity contribution is 5.88. The third-order valence-corrected chi connectivity index (χ3v) is 4.70. The highest BCUT2D eigenvalue weighted by atomic mass is 16.6. The topological polar surface area (TPSA) is 158 Å². The predicted molar refractivity (Wildman–Crippen MR) is 138 cm³/mol. The van der Waals surface area contributed by atoms with Crippen molar-refractivity contribution in [1.82, 2.24) is 24.6 Å². The van der Waals surface area contributed by atoms with E-state index in [9.17, 15) is 14.9 Å². The number of nitrogens with two attached hydrogens (primary N) is 1. The average Bonchev–Trinajstić information content (AvgIpc) is 3.11. The molecule has 0 atom stereocenters. The Morgan fingerprint density at radius 3 is 2.08 bits per heavy atom. The Kier molecular flexibility index (Phi) is 7.90. The highest BCUT2D eigenvalue weighted by Crippen LogP contribution is 2.33. The van der Waals surface area contributed by atoms with Gasteiger partial charge in [-0.25, -0.2) is 29.1 Å². The number of hydrogen-bond donors (Lipinski definition) is 1. The molecule has 2 amide bonds. The highest BCUT2D eigenvalue weighted by Gasteiger charge is 2.31. The van der Waals surface area contributed by atoms with Gasteiger partial charge >= 0.3 is 12.2 Å². The maximum Gasteiger partial charge on any atom is 0.420 e. The molecule has 0 unspecified atom stereocenters. The Balaban J connectivity index is 1.90. The second-order valence-electron chi connectivity index (χ2n) is 10.4. The molecular formula is C26H31N7O5. The summed E-state index contributed by atoms with van der Waals surface area (Å²) in [5.41, 5.74) is 5.45. The molecule has 2 aromatic heterocycles. The van der Waals surface area contributed by atoms with E-state index in [0.717, 1.165) is 4.90 Å². The van der Waals surface area contributed by atoms with Crippen molar-refractivity contribution in [3.8, 4) is 29.1 Å². The van der Waals surface area contributed by atoms with E-state index in [1.165, 1.54) is 17.1 Å². The minimum atomic E-state index is -0.853. The van der Waals surface area contributed by atoms with Gasteiger partial charge in [0.2, 0.25) is 5.88 Å². The summed E-state index contributed by atoms with van der Waals surface area (Å²) in [5.74, 6) is 1.26. The largest absolute Gasteiger partial charge is 0.443 e. The van der Waals surface area contributed by atoms with Crippen molar-refractivity contribution in [2.24, 2.45) is 7.05 Å². The van der Waals surface area contributed by atoms with E-state index in [1.54, 1.807) is 72.9 Å². The van der Waals surface area contributed by atoms with Gasteiger partial charge in [0.05, 0.1) is 23.7 Å². The summed E-state index contributed by atoms with van der Waals surface area (Å²) in [6, 6.07) is 8.46. The summed E-state index contributed by atoms with van der Waals surface area (Å²) in [5, 5.41) is 13.4. The molecule has 12 nitrogen and oxygen atoms in total. The molecule has 12 heteroatoms. The number of rotatable bonds is 5. The van der Waals surface area contributed by atoms with Gasteiger partial charge in [-0.15, -0.1) is 0 Å². The van der Waals surface area contributed by atoms with Crippen molar-refractivity contribution in [3.63, 3.8) is 0 Å². The quantitative estimate of drug-likeness (QED) is 0.494. The number of benzene rings is 1. The lowest BCUT2D eigenvalue weighted by Crippen LogP contribution is -2.43. The van der Waals surface area contributed by atoms with E-state index in [4.69, 9.17) is 19.9 Å². The van der Waals surface area contributed by atoms with Gasteiger partial charge in [0.1, 0.15) is 22.8 Å². The van der Waals surface area contributed by atoms with Gasteiger partial charge in [0.15, 0.2) is 5.82 Å². The molecule has 0 aliphatic heterocycles. The molecule has 0 aliphatic carbocycles. The van der Waals surface area contributed by atoms with Gasteiger partial charge in [0, 0.05) is 31.1 Å². The third kappa shape index (κ3) is 7.42. The Labute approximate surface area is 220 Å². The van der Waals surface area contributed by atoms with Crippen molar-refractivity contribution < 1.29 is 23.8 Å². The van der Waals surface area contributed by atoms with Gasteiger partial charge < -0.3 is 19.9 Å². The molecule has 0 saturated carbocycles. The van der Waals surface area contributed by atoms with Crippen LogP contribution in [-0.2, 0) is 23.1 Å². The van der Waals surface area contributed by atoms with Gasteiger partial charge in [-0.1, -0.05) is 0 Å². The van der Waals surface area contributed by atoms with Gasteiger partial charge in [-0.3, -0.25) is 0 Å². The van der Waals surface area contributed by atoms with Gasteiger partial charge in [0.25, 0.3) is 0 Å². The molecule has 2 heterocycles. The summed E-state index contributed by atoms with van der Waals surface area (Å²) in [4.78, 5) is 35.2. The minimum Gasteiger partial charge on any atom is -0.443 e. The SMILES string of the molecule is Cn1nc(N)cc1Oc1cc(C#N)ccc1-c1ncc(CN(C(=O)OC(C)(C)C)C(=O)OC(C)(C)C)cn1. The zero-order valence-electron chi connectivity index (χ0n) is 22.5. The molecule has 0 saturated heterocycles. The first kappa shape index (κ1) is 27.9. The fourth-order valence-electron chi connectivity index (χ4n) is 3.14. The van der Waals surface area contributed by atoms with Crippen LogP contribution in [0.25, 0.3) is 11.4 Å². The number of carbonyl (C=O) groups excluding carboxylic acids is 2. The fraction of sp³-hybridized carbons (Fsp3) is 0.385. The van der Waals surface area contributed by atoms with Crippen LogP contribution in [0.2, 0.25) is 0 Å². The number of nitrogen functional groups attached to an aromatic ring is 1. The Bertz CT molecular complexity index is 1330. The Hall–Kier alpha value is -4.66. The normalized spacial score (nSPS) is 11.4. The smallest absolute Gasteiger partial charge is 0.420 e. The van der Waals surface area contributed by atoms with E-state index in [2.05, 4.69) is 21.1 Å². The van der Waals surface area contributed by atoms with Crippen LogP contribution >= 0.6 is 0 Å². The summed E-state index contributed by atoms with van der Waals surface area (Å²) in [7, 11) is 1.67. The minimum absolute atomic E-state index is 0.171. The molecule has 0 fully saturated rings. The zero-order chi connectivity index (χ0) is 28.3. The van der Waals surface area contributed by atoms with Crippen LogP contribution in [0.3, 0.4) is 0 Å². The molecule has 0 bridgehead atoms. The number of amides is 2. The van der Waals surface area contributed by atoms with Crippen molar-refractivity contribution >= 4 is 18.0 Å². The molecule has 0 aliphatic rings. The van der Waals surface area contributed by atoms with Crippen LogP contribution in [0.1, 0.15) is 52.7 Å². The molecule has 38 heavy (non-hydrogen) atoms. The van der Waals surface area contributed by atoms with Gasteiger partial charge in [-0.05, 0) is 59.7 Å². The number of aromatic nitrogens is 4. The average molecular weight is 522 g/mol. The van der Waals surface area contributed by atoms with Crippen LogP contribution < -0.4 is 10.5 Å². The lowest BCUT2D eigenvalue weighted by molar-refractivity contribution is -0.000276. The van der Waals surface area contributed by atoms with E-state index >= 15 is 0 Å². The van der Waals surface area contributed by atoms with Crippen molar-refractivity contribution in [1.29, 1.82) is 5.26 Å². The van der Waals surface area contributed by atoms with Crippen LogP contribution in [0.15, 0.2) is 36.7 Å². The number of nitriles is 1. The lowest BCUT2D eigenvalue weighted by atomic mass is 10.1. The van der Waals surface area contributed by atoms with E-state index in [0.29, 0.717) is 34.1 Å². The second-order valence-corrected chi connectivity index (χ2v) is 10.4. The van der Waals surface area contributed by atoms with Crippen molar-refractivity contribution in [3.05, 3.63) is 47.8 Å². The monoisotopic (exact) mass is 521 g/mol.